The molecule has 0 rings (SSSR count). The normalized spacial score (nSPS) is 13.4. The van der Waals surface area contributed by atoms with E-state index in [2.05, 4.69) is 5.32 Å². The third kappa shape index (κ3) is 8.63. The molecular formula is C9H21N3O3S. The fourth-order valence-corrected chi connectivity index (χ4v) is 1.78. The predicted molar refractivity (Wildman–Crippen MR) is 63.1 cm³/mol. The van der Waals surface area contributed by atoms with Gasteiger partial charge in [-0.15, -0.1) is 0 Å². The van der Waals surface area contributed by atoms with Crippen molar-refractivity contribution in [3.63, 3.8) is 0 Å². The van der Waals surface area contributed by atoms with Gasteiger partial charge in [-0.1, -0.05) is 13.3 Å². The molecule has 0 fully saturated rings. The molecule has 7 heteroatoms. The molecule has 0 saturated carbocycles. The number of amides is 1. The first-order chi connectivity index (χ1) is 7.39. The van der Waals surface area contributed by atoms with Gasteiger partial charge >= 0.3 is 0 Å². The van der Waals surface area contributed by atoms with Gasteiger partial charge in [0.15, 0.2) is 0 Å². The number of carbonyl (C=O) groups excluding carboxylic acids is 1. The number of nitrogens with one attached hydrogen (secondary N) is 1. The fourth-order valence-electron chi connectivity index (χ4n) is 1.23. The van der Waals surface area contributed by atoms with E-state index in [9.17, 15) is 13.2 Å². The van der Waals surface area contributed by atoms with Crippen LogP contribution in [0.3, 0.4) is 0 Å². The Kier molecular flexibility index (Phi) is 7.27. The third-order valence-corrected chi connectivity index (χ3v) is 3.17. The summed E-state index contributed by atoms with van der Waals surface area (Å²) in [6.07, 6.45) is 1.59. The topological polar surface area (TPSA) is 115 Å². The zero-order valence-corrected chi connectivity index (χ0v) is 10.4. The third-order valence-electron chi connectivity index (χ3n) is 2.31. The van der Waals surface area contributed by atoms with Gasteiger partial charge in [0, 0.05) is 13.0 Å². The van der Waals surface area contributed by atoms with E-state index in [1.807, 2.05) is 6.92 Å². The second-order valence-corrected chi connectivity index (χ2v) is 5.52. The van der Waals surface area contributed by atoms with E-state index in [4.69, 9.17) is 10.9 Å². The largest absolute Gasteiger partial charge is 0.356 e. The molecule has 0 aromatic rings. The number of hydrogen-bond donors (Lipinski definition) is 3. The standard InChI is InChI=1S/C9H21N3O3S/c1-2-8(7-10)6-9(13)12-4-3-5-16(11,14)15/h8H,2-7,10H2,1H3,(H,12,13)(H2,11,14,15). The number of rotatable bonds is 8. The maximum Gasteiger partial charge on any atom is 0.220 e. The number of sulfonamides is 1. The minimum absolute atomic E-state index is 0.0910. The van der Waals surface area contributed by atoms with Crippen LogP contribution in [-0.2, 0) is 14.8 Å². The van der Waals surface area contributed by atoms with Crippen molar-refractivity contribution in [1.82, 2.24) is 5.32 Å². The van der Waals surface area contributed by atoms with Gasteiger partial charge in [0.05, 0.1) is 5.75 Å². The SMILES string of the molecule is CCC(CN)CC(=O)NCCCS(N)(=O)=O. The van der Waals surface area contributed by atoms with Gasteiger partial charge in [0.1, 0.15) is 0 Å². The van der Waals surface area contributed by atoms with Crippen molar-refractivity contribution < 1.29 is 13.2 Å². The molecule has 0 bridgehead atoms. The maximum atomic E-state index is 11.3. The summed E-state index contributed by atoms with van der Waals surface area (Å²) >= 11 is 0. The van der Waals surface area contributed by atoms with Crippen molar-refractivity contribution >= 4 is 15.9 Å². The Labute approximate surface area is 96.8 Å². The smallest absolute Gasteiger partial charge is 0.220 e. The second kappa shape index (κ2) is 7.59. The number of hydrogen-bond acceptors (Lipinski definition) is 4. The molecule has 1 amide bonds. The summed E-state index contributed by atoms with van der Waals surface area (Å²) in [5, 5.41) is 7.46. The first kappa shape index (κ1) is 15.3. The predicted octanol–water partition coefficient (Wildman–Crippen LogP) is -0.844. The summed E-state index contributed by atoms with van der Waals surface area (Å²) in [5.41, 5.74) is 5.47. The van der Waals surface area contributed by atoms with Gasteiger partial charge in [-0.25, -0.2) is 13.6 Å². The molecule has 1 atom stereocenters. The van der Waals surface area contributed by atoms with E-state index in [1.165, 1.54) is 0 Å². The number of primary sulfonamides is 1. The molecule has 1 unspecified atom stereocenters. The molecule has 5 N–H and O–H groups in total. The Hall–Kier alpha value is -0.660. The van der Waals surface area contributed by atoms with Gasteiger partial charge in [-0.3, -0.25) is 4.79 Å². The van der Waals surface area contributed by atoms with Gasteiger partial charge in [-0.2, -0.15) is 0 Å². The van der Waals surface area contributed by atoms with E-state index in [0.29, 0.717) is 25.9 Å². The zero-order valence-electron chi connectivity index (χ0n) is 9.61. The van der Waals surface area contributed by atoms with Crippen molar-refractivity contribution in [2.45, 2.75) is 26.2 Å². The molecular weight excluding hydrogens is 230 g/mol. The minimum Gasteiger partial charge on any atom is -0.356 e. The summed E-state index contributed by atoms with van der Waals surface area (Å²) in [5.74, 6) is -0.00793. The van der Waals surface area contributed by atoms with E-state index >= 15 is 0 Å². The fraction of sp³-hybridized carbons (Fsp3) is 0.889. The quantitative estimate of drug-likeness (QED) is 0.488. The molecule has 0 saturated heterocycles. The molecule has 96 valence electrons. The van der Waals surface area contributed by atoms with Crippen LogP contribution in [0.5, 0.6) is 0 Å². The molecule has 0 radical (unpaired) electrons. The maximum absolute atomic E-state index is 11.3. The van der Waals surface area contributed by atoms with E-state index in [-0.39, 0.29) is 17.6 Å². The van der Waals surface area contributed by atoms with Gasteiger partial charge < -0.3 is 11.1 Å². The summed E-state index contributed by atoms with van der Waals surface area (Å²) in [6, 6.07) is 0. The average molecular weight is 251 g/mol. The molecule has 0 heterocycles. The number of carbonyl (C=O) groups is 1. The Morgan fingerprint density at radius 2 is 2.06 bits per heavy atom. The summed E-state index contributed by atoms with van der Waals surface area (Å²) < 4.78 is 21.2. The first-order valence-corrected chi connectivity index (χ1v) is 7.07. The average Bonchev–Trinajstić information content (AvgIpc) is 2.19. The Morgan fingerprint density at radius 3 is 2.50 bits per heavy atom. The van der Waals surface area contributed by atoms with Crippen LogP contribution in [0.4, 0.5) is 0 Å². The highest BCUT2D eigenvalue weighted by molar-refractivity contribution is 7.89. The highest BCUT2D eigenvalue weighted by Crippen LogP contribution is 2.05. The molecule has 16 heavy (non-hydrogen) atoms. The van der Waals surface area contributed by atoms with Crippen LogP contribution in [0, 0.1) is 5.92 Å². The highest BCUT2D eigenvalue weighted by atomic mass is 32.2. The molecule has 0 spiro atoms. The summed E-state index contributed by atoms with van der Waals surface area (Å²) in [4.78, 5) is 11.3. The van der Waals surface area contributed by atoms with Crippen LogP contribution >= 0.6 is 0 Å². The molecule has 0 aliphatic carbocycles. The first-order valence-electron chi connectivity index (χ1n) is 5.36. The molecule has 0 aromatic carbocycles. The van der Waals surface area contributed by atoms with E-state index in [0.717, 1.165) is 6.42 Å². The molecule has 0 aliphatic heterocycles. The molecule has 0 aliphatic rings. The molecule has 6 nitrogen and oxygen atoms in total. The zero-order chi connectivity index (χ0) is 12.6. The lowest BCUT2D eigenvalue weighted by Crippen LogP contribution is -2.30. The van der Waals surface area contributed by atoms with E-state index in [1.54, 1.807) is 0 Å². The summed E-state index contributed by atoms with van der Waals surface area (Å²) in [7, 11) is -3.43. The van der Waals surface area contributed by atoms with Gasteiger partial charge in [0.2, 0.25) is 15.9 Å². The van der Waals surface area contributed by atoms with Crippen LogP contribution in [0.15, 0.2) is 0 Å². The van der Waals surface area contributed by atoms with Crippen LogP contribution in [0.2, 0.25) is 0 Å². The lowest BCUT2D eigenvalue weighted by atomic mass is 10.0. The molecule has 0 aromatic heterocycles. The van der Waals surface area contributed by atoms with Crippen molar-refractivity contribution in [2.75, 3.05) is 18.8 Å². The highest BCUT2D eigenvalue weighted by Gasteiger charge is 2.10. The van der Waals surface area contributed by atoms with Crippen LogP contribution in [-0.4, -0.2) is 33.2 Å². The van der Waals surface area contributed by atoms with Gasteiger partial charge in [0.25, 0.3) is 0 Å². The Morgan fingerprint density at radius 1 is 1.44 bits per heavy atom. The van der Waals surface area contributed by atoms with E-state index < -0.39 is 10.0 Å². The summed E-state index contributed by atoms with van der Waals surface area (Å²) in [6.45, 7) is 2.79. The van der Waals surface area contributed by atoms with Crippen LogP contribution in [0.25, 0.3) is 0 Å². The Bertz CT molecular complexity index is 299. The number of nitrogens with two attached hydrogens (primary N) is 2. The lowest BCUT2D eigenvalue weighted by molar-refractivity contribution is -0.121. The van der Waals surface area contributed by atoms with Crippen molar-refractivity contribution in [2.24, 2.45) is 16.8 Å². The van der Waals surface area contributed by atoms with Crippen LogP contribution < -0.4 is 16.2 Å². The van der Waals surface area contributed by atoms with Crippen molar-refractivity contribution in [3.05, 3.63) is 0 Å². The van der Waals surface area contributed by atoms with Crippen LogP contribution in [0.1, 0.15) is 26.2 Å². The van der Waals surface area contributed by atoms with Gasteiger partial charge in [-0.05, 0) is 18.9 Å². The van der Waals surface area contributed by atoms with Crippen molar-refractivity contribution in [3.8, 4) is 0 Å². The van der Waals surface area contributed by atoms with Crippen molar-refractivity contribution in [1.29, 1.82) is 0 Å². The second-order valence-electron chi connectivity index (χ2n) is 3.78. The monoisotopic (exact) mass is 251 g/mol. The minimum atomic E-state index is -3.43. The Balaban J connectivity index is 3.66. The lowest BCUT2D eigenvalue weighted by Gasteiger charge is -2.11.